The van der Waals surface area contributed by atoms with E-state index in [1.54, 1.807) is 16.2 Å². The van der Waals surface area contributed by atoms with Gasteiger partial charge in [0.25, 0.3) is 0 Å². The van der Waals surface area contributed by atoms with Gasteiger partial charge in [-0.05, 0) is 23.4 Å². The second-order valence-corrected chi connectivity index (χ2v) is 7.60. The van der Waals surface area contributed by atoms with E-state index < -0.39 is 0 Å². The van der Waals surface area contributed by atoms with Gasteiger partial charge in [0.2, 0.25) is 5.91 Å². The van der Waals surface area contributed by atoms with Crippen molar-refractivity contribution in [3.8, 4) is 10.6 Å². The SMILES string of the molecule is CN(Cc1ccccc1)C(=O)CCc1sc(N)nc1-c1cccs1. The fraction of sp³-hybridized carbons (Fsp3) is 0.222. The Morgan fingerprint density at radius 3 is 2.71 bits per heavy atom. The van der Waals surface area contributed by atoms with Crippen molar-refractivity contribution < 1.29 is 4.79 Å². The van der Waals surface area contributed by atoms with Gasteiger partial charge in [0.05, 0.1) is 10.6 Å². The fourth-order valence-corrected chi connectivity index (χ4v) is 4.15. The summed E-state index contributed by atoms with van der Waals surface area (Å²) in [6.07, 6.45) is 1.13. The van der Waals surface area contributed by atoms with Gasteiger partial charge in [-0.3, -0.25) is 4.79 Å². The molecule has 0 radical (unpaired) electrons. The van der Waals surface area contributed by atoms with E-state index in [9.17, 15) is 4.79 Å². The number of carbonyl (C=O) groups is 1. The molecular formula is C18H19N3OS2. The predicted octanol–water partition coefficient (Wildman–Crippen LogP) is 4.05. The number of amides is 1. The second-order valence-electron chi connectivity index (χ2n) is 5.54. The predicted molar refractivity (Wildman–Crippen MR) is 101 cm³/mol. The quantitative estimate of drug-likeness (QED) is 0.724. The van der Waals surface area contributed by atoms with E-state index in [1.807, 2.05) is 54.9 Å². The number of rotatable bonds is 6. The molecule has 2 heterocycles. The first-order chi connectivity index (χ1) is 11.6. The highest BCUT2D eigenvalue weighted by molar-refractivity contribution is 7.17. The molecule has 2 aromatic heterocycles. The minimum Gasteiger partial charge on any atom is -0.375 e. The van der Waals surface area contributed by atoms with Crippen LogP contribution in [0.5, 0.6) is 0 Å². The molecule has 3 aromatic rings. The molecule has 2 N–H and O–H groups in total. The van der Waals surface area contributed by atoms with E-state index in [0.29, 0.717) is 24.5 Å². The Bertz CT molecular complexity index is 797. The first kappa shape index (κ1) is 16.7. The summed E-state index contributed by atoms with van der Waals surface area (Å²) in [4.78, 5) is 20.8. The monoisotopic (exact) mass is 357 g/mol. The van der Waals surface area contributed by atoms with E-state index in [4.69, 9.17) is 5.73 Å². The van der Waals surface area contributed by atoms with Gasteiger partial charge >= 0.3 is 0 Å². The van der Waals surface area contributed by atoms with Gasteiger partial charge in [-0.25, -0.2) is 4.98 Å². The van der Waals surface area contributed by atoms with Crippen LogP contribution in [0.25, 0.3) is 10.6 Å². The molecular weight excluding hydrogens is 338 g/mol. The third kappa shape index (κ3) is 4.01. The molecule has 0 saturated carbocycles. The molecule has 0 unspecified atom stereocenters. The number of thiazole rings is 1. The summed E-state index contributed by atoms with van der Waals surface area (Å²) in [5.41, 5.74) is 7.93. The number of nitrogen functional groups attached to an aromatic ring is 1. The van der Waals surface area contributed by atoms with Gasteiger partial charge < -0.3 is 10.6 Å². The molecule has 0 atom stereocenters. The standard InChI is InChI=1S/C18H19N3OS2/c1-21(12-13-6-3-2-4-7-13)16(22)10-9-15-17(20-18(19)24-15)14-8-5-11-23-14/h2-8,11H,9-10,12H2,1H3,(H2,19,20). The number of anilines is 1. The Balaban J connectivity index is 1.62. The van der Waals surface area contributed by atoms with Crippen LogP contribution in [0, 0.1) is 0 Å². The van der Waals surface area contributed by atoms with E-state index in [2.05, 4.69) is 4.98 Å². The zero-order valence-corrected chi connectivity index (χ0v) is 15.1. The molecule has 0 aliphatic carbocycles. The molecule has 0 aliphatic heterocycles. The molecule has 4 nitrogen and oxygen atoms in total. The molecule has 1 amide bonds. The second kappa shape index (κ2) is 7.59. The summed E-state index contributed by atoms with van der Waals surface area (Å²) in [5, 5.41) is 2.58. The molecule has 0 aliphatic rings. The van der Waals surface area contributed by atoms with Crippen LogP contribution in [0.3, 0.4) is 0 Å². The van der Waals surface area contributed by atoms with Crippen molar-refractivity contribution in [3.05, 3.63) is 58.3 Å². The van der Waals surface area contributed by atoms with Gasteiger partial charge in [-0.15, -0.1) is 22.7 Å². The normalized spacial score (nSPS) is 10.7. The molecule has 0 spiro atoms. The van der Waals surface area contributed by atoms with Crippen molar-refractivity contribution in [2.75, 3.05) is 12.8 Å². The van der Waals surface area contributed by atoms with Crippen LogP contribution in [0.4, 0.5) is 5.13 Å². The Labute approximate surface area is 149 Å². The topological polar surface area (TPSA) is 59.2 Å². The third-order valence-electron chi connectivity index (χ3n) is 3.72. The number of hydrogen-bond donors (Lipinski definition) is 1. The fourth-order valence-electron chi connectivity index (χ4n) is 2.50. The smallest absolute Gasteiger partial charge is 0.222 e. The summed E-state index contributed by atoms with van der Waals surface area (Å²) < 4.78 is 0. The Kier molecular flexibility index (Phi) is 5.27. The van der Waals surface area contributed by atoms with E-state index in [0.717, 1.165) is 21.0 Å². The largest absolute Gasteiger partial charge is 0.375 e. The van der Waals surface area contributed by atoms with Crippen molar-refractivity contribution in [3.63, 3.8) is 0 Å². The summed E-state index contributed by atoms with van der Waals surface area (Å²) in [7, 11) is 1.84. The molecule has 0 saturated heterocycles. The number of aryl methyl sites for hydroxylation is 1. The van der Waals surface area contributed by atoms with Crippen LogP contribution in [0.2, 0.25) is 0 Å². The van der Waals surface area contributed by atoms with Gasteiger partial charge in [0, 0.05) is 24.9 Å². The van der Waals surface area contributed by atoms with Gasteiger partial charge in [0.1, 0.15) is 0 Å². The lowest BCUT2D eigenvalue weighted by Crippen LogP contribution is -2.26. The number of aromatic nitrogens is 1. The number of nitrogens with zero attached hydrogens (tertiary/aromatic N) is 2. The summed E-state index contributed by atoms with van der Waals surface area (Å²) in [6, 6.07) is 14.0. The van der Waals surface area contributed by atoms with Crippen molar-refractivity contribution >= 4 is 33.7 Å². The Morgan fingerprint density at radius 2 is 2.00 bits per heavy atom. The van der Waals surface area contributed by atoms with Crippen LogP contribution in [0.1, 0.15) is 16.9 Å². The average Bonchev–Trinajstić information content (AvgIpc) is 3.22. The molecule has 124 valence electrons. The van der Waals surface area contributed by atoms with E-state index in [1.165, 1.54) is 11.3 Å². The van der Waals surface area contributed by atoms with Crippen LogP contribution in [-0.4, -0.2) is 22.8 Å². The maximum Gasteiger partial charge on any atom is 0.222 e. The first-order valence-corrected chi connectivity index (χ1v) is 9.40. The number of hydrogen-bond acceptors (Lipinski definition) is 5. The van der Waals surface area contributed by atoms with Crippen LogP contribution >= 0.6 is 22.7 Å². The van der Waals surface area contributed by atoms with Gasteiger partial charge in [-0.2, -0.15) is 0 Å². The number of benzene rings is 1. The number of nitrogens with two attached hydrogens (primary N) is 1. The zero-order valence-electron chi connectivity index (χ0n) is 13.4. The summed E-state index contributed by atoms with van der Waals surface area (Å²) >= 11 is 3.11. The average molecular weight is 358 g/mol. The number of thiophene rings is 1. The van der Waals surface area contributed by atoms with Crippen LogP contribution < -0.4 is 5.73 Å². The molecule has 24 heavy (non-hydrogen) atoms. The van der Waals surface area contributed by atoms with Crippen molar-refractivity contribution in [2.45, 2.75) is 19.4 Å². The zero-order chi connectivity index (χ0) is 16.9. The summed E-state index contributed by atoms with van der Waals surface area (Å²) in [6.45, 7) is 0.627. The molecule has 0 bridgehead atoms. The van der Waals surface area contributed by atoms with E-state index in [-0.39, 0.29) is 5.91 Å². The van der Waals surface area contributed by atoms with Gasteiger partial charge in [-0.1, -0.05) is 36.4 Å². The van der Waals surface area contributed by atoms with Gasteiger partial charge in [0.15, 0.2) is 5.13 Å². The summed E-state index contributed by atoms with van der Waals surface area (Å²) in [5.74, 6) is 0.128. The number of carbonyl (C=O) groups excluding carboxylic acids is 1. The van der Waals surface area contributed by atoms with E-state index >= 15 is 0 Å². The Morgan fingerprint density at radius 1 is 1.21 bits per heavy atom. The molecule has 1 aromatic carbocycles. The lowest BCUT2D eigenvalue weighted by molar-refractivity contribution is -0.130. The highest BCUT2D eigenvalue weighted by Crippen LogP contribution is 2.33. The first-order valence-electron chi connectivity index (χ1n) is 7.70. The lowest BCUT2D eigenvalue weighted by Gasteiger charge is -2.17. The molecule has 0 fully saturated rings. The molecule has 3 rings (SSSR count). The lowest BCUT2D eigenvalue weighted by atomic mass is 10.2. The maximum absolute atomic E-state index is 12.4. The van der Waals surface area contributed by atoms with Crippen molar-refractivity contribution in [1.29, 1.82) is 0 Å². The Hall–Kier alpha value is -2.18. The highest BCUT2D eigenvalue weighted by atomic mass is 32.1. The maximum atomic E-state index is 12.4. The minimum atomic E-state index is 0.128. The minimum absolute atomic E-state index is 0.128. The third-order valence-corrected chi connectivity index (χ3v) is 5.54. The van der Waals surface area contributed by atoms with Crippen LogP contribution in [0.15, 0.2) is 47.8 Å². The highest BCUT2D eigenvalue weighted by Gasteiger charge is 2.16. The van der Waals surface area contributed by atoms with Crippen molar-refractivity contribution in [2.24, 2.45) is 0 Å². The van der Waals surface area contributed by atoms with Crippen molar-refractivity contribution in [1.82, 2.24) is 9.88 Å². The molecule has 6 heteroatoms. The van der Waals surface area contributed by atoms with Crippen LogP contribution in [-0.2, 0) is 17.8 Å².